The first-order valence-electron chi connectivity index (χ1n) is 9.21. The van der Waals surface area contributed by atoms with E-state index in [1.807, 2.05) is 12.1 Å². The zero-order valence-electron chi connectivity index (χ0n) is 15.3. The third kappa shape index (κ3) is 3.47. The van der Waals surface area contributed by atoms with Gasteiger partial charge in [0.1, 0.15) is 11.5 Å². The molecule has 1 N–H and O–H groups in total. The highest BCUT2D eigenvalue weighted by Gasteiger charge is 2.23. The second kappa shape index (κ2) is 7.31. The highest BCUT2D eigenvalue weighted by atomic mass is 16.5. The summed E-state index contributed by atoms with van der Waals surface area (Å²) in [5.41, 5.74) is 2.97. The fraction of sp³-hybridized carbons (Fsp3) is 0.333. The van der Waals surface area contributed by atoms with Crippen LogP contribution in [-0.2, 0) is 11.2 Å². The van der Waals surface area contributed by atoms with E-state index in [1.54, 1.807) is 36.3 Å². The van der Waals surface area contributed by atoms with Crippen LogP contribution in [0.2, 0.25) is 0 Å². The van der Waals surface area contributed by atoms with Gasteiger partial charge in [-0.1, -0.05) is 0 Å². The maximum absolute atomic E-state index is 12.7. The quantitative estimate of drug-likeness (QED) is 0.901. The molecule has 0 bridgehead atoms. The minimum Gasteiger partial charge on any atom is -0.495 e. The first-order chi connectivity index (χ1) is 13.2. The van der Waals surface area contributed by atoms with E-state index in [0.29, 0.717) is 42.3 Å². The van der Waals surface area contributed by atoms with E-state index < -0.39 is 0 Å². The number of benzene rings is 2. The molecule has 2 aromatic carbocycles. The number of fused-ring (bicyclic) bond motifs is 1. The number of ether oxygens (including phenoxy) is 2. The van der Waals surface area contributed by atoms with E-state index in [2.05, 4.69) is 5.32 Å². The maximum atomic E-state index is 12.7. The number of hydrogen-bond acceptors (Lipinski definition) is 4. The van der Waals surface area contributed by atoms with E-state index in [4.69, 9.17) is 9.47 Å². The molecule has 0 saturated carbocycles. The third-order valence-corrected chi connectivity index (χ3v) is 5.00. The monoisotopic (exact) mass is 366 g/mol. The molecule has 140 valence electrons. The topological polar surface area (TPSA) is 67.9 Å². The van der Waals surface area contributed by atoms with E-state index in [-0.39, 0.29) is 11.8 Å². The SMILES string of the molecule is COc1ccc(NC(=O)c2ccc3c(c2)CCO3)cc1N1CCCCC1=O. The van der Waals surface area contributed by atoms with Crippen molar-refractivity contribution in [2.75, 3.05) is 30.5 Å². The zero-order valence-corrected chi connectivity index (χ0v) is 15.3. The Morgan fingerprint density at radius 2 is 2.04 bits per heavy atom. The highest BCUT2D eigenvalue weighted by molar-refractivity contribution is 6.05. The minimum absolute atomic E-state index is 0.0849. The maximum Gasteiger partial charge on any atom is 0.255 e. The summed E-state index contributed by atoms with van der Waals surface area (Å²) in [6.45, 7) is 1.32. The Labute approximate surface area is 158 Å². The molecule has 4 rings (SSSR count). The summed E-state index contributed by atoms with van der Waals surface area (Å²) in [7, 11) is 1.58. The van der Waals surface area contributed by atoms with Gasteiger partial charge in [-0.15, -0.1) is 0 Å². The largest absolute Gasteiger partial charge is 0.495 e. The highest BCUT2D eigenvalue weighted by Crippen LogP contribution is 2.34. The molecule has 2 heterocycles. The molecule has 0 spiro atoms. The van der Waals surface area contributed by atoms with Crippen molar-refractivity contribution in [1.82, 2.24) is 0 Å². The van der Waals surface area contributed by atoms with Crippen molar-refractivity contribution < 1.29 is 19.1 Å². The Hall–Kier alpha value is -3.02. The van der Waals surface area contributed by atoms with Crippen LogP contribution in [0.15, 0.2) is 36.4 Å². The van der Waals surface area contributed by atoms with Crippen molar-refractivity contribution in [2.45, 2.75) is 25.7 Å². The van der Waals surface area contributed by atoms with Crippen LogP contribution < -0.4 is 19.7 Å². The van der Waals surface area contributed by atoms with E-state index in [9.17, 15) is 9.59 Å². The van der Waals surface area contributed by atoms with Crippen LogP contribution >= 0.6 is 0 Å². The Morgan fingerprint density at radius 1 is 1.15 bits per heavy atom. The summed E-state index contributed by atoms with van der Waals surface area (Å²) in [6, 6.07) is 10.8. The number of carbonyl (C=O) groups excluding carboxylic acids is 2. The molecule has 2 amide bonds. The molecule has 1 fully saturated rings. The molecule has 0 atom stereocenters. The fourth-order valence-electron chi connectivity index (χ4n) is 3.57. The Bertz CT molecular complexity index is 894. The molecule has 0 unspecified atom stereocenters. The van der Waals surface area contributed by atoms with Crippen molar-refractivity contribution in [2.24, 2.45) is 0 Å². The average molecular weight is 366 g/mol. The molecule has 0 aliphatic carbocycles. The summed E-state index contributed by atoms with van der Waals surface area (Å²) >= 11 is 0. The number of carbonyl (C=O) groups is 2. The molecular weight excluding hydrogens is 344 g/mol. The van der Waals surface area contributed by atoms with Crippen LogP contribution in [-0.4, -0.2) is 32.1 Å². The smallest absolute Gasteiger partial charge is 0.255 e. The van der Waals surface area contributed by atoms with Crippen molar-refractivity contribution in [3.05, 3.63) is 47.5 Å². The van der Waals surface area contributed by atoms with Crippen molar-refractivity contribution in [3.8, 4) is 11.5 Å². The zero-order chi connectivity index (χ0) is 18.8. The molecule has 1 saturated heterocycles. The van der Waals surface area contributed by atoms with Gasteiger partial charge in [-0.2, -0.15) is 0 Å². The van der Waals surface area contributed by atoms with Crippen molar-refractivity contribution in [1.29, 1.82) is 0 Å². The van der Waals surface area contributed by atoms with Crippen LogP contribution in [0.3, 0.4) is 0 Å². The van der Waals surface area contributed by atoms with E-state index in [1.165, 1.54) is 0 Å². The number of nitrogens with one attached hydrogen (secondary N) is 1. The Balaban J connectivity index is 1.57. The lowest BCUT2D eigenvalue weighted by molar-refractivity contribution is -0.119. The van der Waals surface area contributed by atoms with Gasteiger partial charge in [-0.3, -0.25) is 9.59 Å². The van der Waals surface area contributed by atoms with Crippen LogP contribution in [0, 0.1) is 0 Å². The molecule has 0 aromatic heterocycles. The molecule has 0 radical (unpaired) electrons. The number of amides is 2. The molecule has 6 heteroatoms. The summed E-state index contributed by atoms with van der Waals surface area (Å²) in [5, 5.41) is 2.92. The molecule has 2 aliphatic heterocycles. The second-order valence-corrected chi connectivity index (χ2v) is 6.76. The van der Waals surface area contributed by atoms with E-state index in [0.717, 1.165) is 30.6 Å². The number of methoxy groups -OCH3 is 1. The fourth-order valence-corrected chi connectivity index (χ4v) is 3.57. The summed E-state index contributed by atoms with van der Waals surface area (Å²) in [4.78, 5) is 26.7. The third-order valence-electron chi connectivity index (χ3n) is 5.00. The number of hydrogen-bond donors (Lipinski definition) is 1. The first-order valence-corrected chi connectivity index (χ1v) is 9.21. The van der Waals surface area contributed by atoms with Gasteiger partial charge in [0.05, 0.1) is 19.4 Å². The number of piperidine rings is 1. The lowest BCUT2D eigenvalue weighted by Gasteiger charge is -2.28. The molecule has 2 aromatic rings. The van der Waals surface area contributed by atoms with Crippen LogP contribution in [0.1, 0.15) is 35.2 Å². The standard InChI is InChI=1S/C21H22N2O4/c1-26-19-8-6-16(13-17(19)23-10-3-2-4-20(23)24)22-21(25)15-5-7-18-14(12-15)9-11-27-18/h5-8,12-13H,2-4,9-11H2,1H3,(H,22,25). The predicted molar refractivity (Wildman–Crippen MR) is 103 cm³/mol. The van der Waals surface area contributed by atoms with Gasteiger partial charge < -0.3 is 19.7 Å². The number of rotatable bonds is 4. The van der Waals surface area contributed by atoms with Gasteiger partial charge in [0.25, 0.3) is 5.91 Å². The number of nitrogens with zero attached hydrogens (tertiary/aromatic N) is 1. The normalized spacial score (nSPS) is 15.9. The Morgan fingerprint density at radius 3 is 2.85 bits per heavy atom. The van der Waals surface area contributed by atoms with Gasteiger partial charge in [0, 0.05) is 30.6 Å². The number of anilines is 2. The summed E-state index contributed by atoms with van der Waals surface area (Å²) < 4.78 is 10.9. The first kappa shape index (κ1) is 17.4. The van der Waals surface area contributed by atoms with Crippen molar-refractivity contribution in [3.63, 3.8) is 0 Å². The lowest BCUT2D eigenvalue weighted by Crippen LogP contribution is -2.35. The molecular formula is C21H22N2O4. The van der Waals surface area contributed by atoms with Gasteiger partial charge in [0.2, 0.25) is 5.91 Å². The Kier molecular flexibility index (Phi) is 4.71. The van der Waals surface area contributed by atoms with Crippen LogP contribution in [0.4, 0.5) is 11.4 Å². The van der Waals surface area contributed by atoms with Crippen molar-refractivity contribution >= 4 is 23.2 Å². The van der Waals surface area contributed by atoms with Crippen LogP contribution in [0.5, 0.6) is 11.5 Å². The van der Waals surface area contributed by atoms with Crippen LogP contribution in [0.25, 0.3) is 0 Å². The summed E-state index contributed by atoms with van der Waals surface area (Å²) in [5.74, 6) is 1.37. The summed E-state index contributed by atoms with van der Waals surface area (Å²) in [6.07, 6.45) is 3.23. The molecule has 27 heavy (non-hydrogen) atoms. The molecule has 2 aliphatic rings. The van der Waals surface area contributed by atoms with Gasteiger partial charge in [0.15, 0.2) is 0 Å². The van der Waals surface area contributed by atoms with Gasteiger partial charge >= 0.3 is 0 Å². The average Bonchev–Trinajstić information content (AvgIpc) is 3.16. The predicted octanol–water partition coefficient (Wildman–Crippen LogP) is 3.40. The van der Waals surface area contributed by atoms with E-state index >= 15 is 0 Å². The molecule has 6 nitrogen and oxygen atoms in total. The van der Waals surface area contributed by atoms with Gasteiger partial charge in [-0.25, -0.2) is 0 Å². The lowest BCUT2D eigenvalue weighted by atomic mass is 10.1. The van der Waals surface area contributed by atoms with Gasteiger partial charge in [-0.05, 0) is 54.8 Å². The second-order valence-electron chi connectivity index (χ2n) is 6.76. The minimum atomic E-state index is -0.189.